The number of hydrogen-bond acceptors (Lipinski definition) is 3. The molecule has 1 aliphatic rings. The van der Waals surface area contributed by atoms with Crippen molar-refractivity contribution in [1.29, 1.82) is 0 Å². The van der Waals surface area contributed by atoms with Gasteiger partial charge in [-0.1, -0.05) is 18.2 Å². The molecule has 25 heavy (non-hydrogen) atoms. The standard InChI is InChI=1S/C19H21N3O2.ClH/c1-13(23)21-15-9-7-14(8-10-15)12-19(24)22-11-3-4-16-17(20)5-2-6-18(16)22;/h2,5-10H,3-4,11-12,20H2,1H3,(H,21,23);1H. The summed E-state index contributed by atoms with van der Waals surface area (Å²) in [4.78, 5) is 25.6. The molecular formula is C19H22ClN3O2. The second kappa shape index (κ2) is 8.03. The molecule has 132 valence electrons. The van der Waals surface area contributed by atoms with E-state index in [4.69, 9.17) is 5.73 Å². The summed E-state index contributed by atoms with van der Waals surface area (Å²) in [6, 6.07) is 13.1. The monoisotopic (exact) mass is 359 g/mol. The van der Waals surface area contributed by atoms with Gasteiger partial charge in [-0.2, -0.15) is 0 Å². The van der Waals surface area contributed by atoms with E-state index in [1.807, 2.05) is 47.4 Å². The van der Waals surface area contributed by atoms with E-state index < -0.39 is 0 Å². The van der Waals surface area contributed by atoms with Crippen molar-refractivity contribution in [2.24, 2.45) is 0 Å². The summed E-state index contributed by atoms with van der Waals surface area (Å²) in [6.45, 7) is 2.19. The molecule has 2 amide bonds. The second-order valence-corrected chi connectivity index (χ2v) is 6.05. The zero-order valence-electron chi connectivity index (χ0n) is 14.1. The number of carbonyl (C=O) groups is 2. The first-order valence-electron chi connectivity index (χ1n) is 8.09. The molecule has 5 nitrogen and oxygen atoms in total. The molecule has 0 spiro atoms. The molecule has 3 N–H and O–H groups in total. The van der Waals surface area contributed by atoms with Gasteiger partial charge in [0.05, 0.1) is 6.42 Å². The Morgan fingerprint density at radius 2 is 1.88 bits per heavy atom. The lowest BCUT2D eigenvalue weighted by Gasteiger charge is -2.30. The Morgan fingerprint density at radius 1 is 1.16 bits per heavy atom. The normalized spacial score (nSPS) is 12.8. The number of hydrogen-bond donors (Lipinski definition) is 2. The number of carbonyl (C=O) groups excluding carboxylic acids is 2. The molecule has 0 saturated carbocycles. The number of rotatable bonds is 3. The Kier molecular flexibility index (Phi) is 6.04. The van der Waals surface area contributed by atoms with Crippen LogP contribution in [0.2, 0.25) is 0 Å². The van der Waals surface area contributed by atoms with Gasteiger partial charge in [-0.15, -0.1) is 12.4 Å². The van der Waals surface area contributed by atoms with Crippen LogP contribution in [0.4, 0.5) is 17.1 Å². The van der Waals surface area contributed by atoms with Crippen molar-refractivity contribution >= 4 is 41.3 Å². The van der Waals surface area contributed by atoms with Crippen LogP contribution in [0.5, 0.6) is 0 Å². The molecule has 0 bridgehead atoms. The highest BCUT2D eigenvalue weighted by molar-refractivity contribution is 5.96. The van der Waals surface area contributed by atoms with Crippen molar-refractivity contribution in [2.75, 3.05) is 22.5 Å². The van der Waals surface area contributed by atoms with Gasteiger partial charge in [0.2, 0.25) is 11.8 Å². The maximum Gasteiger partial charge on any atom is 0.231 e. The maximum atomic E-state index is 12.7. The van der Waals surface area contributed by atoms with Gasteiger partial charge in [0.15, 0.2) is 0 Å². The molecule has 0 saturated heterocycles. The quantitative estimate of drug-likeness (QED) is 0.826. The lowest BCUT2D eigenvalue weighted by molar-refractivity contribution is -0.118. The van der Waals surface area contributed by atoms with Gasteiger partial charge in [0, 0.05) is 30.5 Å². The van der Waals surface area contributed by atoms with Crippen LogP contribution >= 0.6 is 12.4 Å². The topological polar surface area (TPSA) is 75.4 Å². The van der Waals surface area contributed by atoms with Crippen LogP contribution in [0.15, 0.2) is 42.5 Å². The molecule has 0 unspecified atom stereocenters. The minimum atomic E-state index is -0.110. The van der Waals surface area contributed by atoms with Gasteiger partial charge in [-0.05, 0) is 48.2 Å². The Hall–Kier alpha value is -2.53. The largest absolute Gasteiger partial charge is 0.398 e. The molecule has 3 rings (SSSR count). The molecule has 2 aromatic carbocycles. The zero-order chi connectivity index (χ0) is 17.1. The van der Waals surface area contributed by atoms with Crippen LogP contribution in [0, 0.1) is 0 Å². The van der Waals surface area contributed by atoms with E-state index in [1.54, 1.807) is 0 Å². The fraction of sp³-hybridized carbons (Fsp3) is 0.263. The first kappa shape index (κ1) is 18.8. The lowest BCUT2D eigenvalue weighted by atomic mass is 9.99. The number of amides is 2. The van der Waals surface area contributed by atoms with Gasteiger partial charge in [-0.3, -0.25) is 9.59 Å². The lowest BCUT2D eigenvalue weighted by Crippen LogP contribution is -2.36. The predicted molar refractivity (Wildman–Crippen MR) is 103 cm³/mol. The third-order valence-electron chi connectivity index (χ3n) is 4.22. The van der Waals surface area contributed by atoms with Crippen molar-refractivity contribution in [2.45, 2.75) is 26.2 Å². The molecule has 0 aliphatic carbocycles. The SMILES string of the molecule is CC(=O)Nc1ccc(CC(=O)N2CCCc3c(N)cccc32)cc1.Cl. The number of nitrogens with one attached hydrogen (secondary N) is 1. The van der Waals surface area contributed by atoms with Crippen LogP contribution in [0.3, 0.4) is 0 Å². The van der Waals surface area contributed by atoms with Crippen molar-refractivity contribution < 1.29 is 9.59 Å². The summed E-state index contributed by atoms with van der Waals surface area (Å²) < 4.78 is 0. The molecule has 1 aliphatic heterocycles. The third-order valence-corrected chi connectivity index (χ3v) is 4.22. The van der Waals surface area contributed by atoms with Crippen LogP contribution in [0.25, 0.3) is 0 Å². The fourth-order valence-corrected chi connectivity index (χ4v) is 3.09. The molecule has 2 aromatic rings. The minimum Gasteiger partial charge on any atom is -0.398 e. The average molecular weight is 360 g/mol. The van der Waals surface area contributed by atoms with Crippen molar-refractivity contribution in [3.8, 4) is 0 Å². The first-order chi connectivity index (χ1) is 11.5. The number of fused-ring (bicyclic) bond motifs is 1. The van der Waals surface area contributed by atoms with Gasteiger partial charge >= 0.3 is 0 Å². The number of benzene rings is 2. The molecule has 0 radical (unpaired) electrons. The number of nitrogens with two attached hydrogens (primary N) is 1. The van der Waals surface area contributed by atoms with Gasteiger partial charge in [-0.25, -0.2) is 0 Å². The molecule has 0 atom stereocenters. The first-order valence-corrected chi connectivity index (χ1v) is 8.09. The Labute approximate surface area is 153 Å². The summed E-state index contributed by atoms with van der Waals surface area (Å²) in [6.07, 6.45) is 2.17. The summed E-state index contributed by atoms with van der Waals surface area (Å²) in [7, 11) is 0. The van der Waals surface area contributed by atoms with E-state index in [2.05, 4.69) is 5.32 Å². The van der Waals surface area contributed by atoms with Gasteiger partial charge < -0.3 is 16.0 Å². The van der Waals surface area contributed by atoms with Gasteiger partial charge in [0.1, 0.15) is 0 Å². The number of anilines is 3. The average Bonchev–Trinajstić information content (AvgIpc) is 2.56. The zero-order valence-corrected chi connectivity index (χ0v) is 14.9. The van der Waals surface area contributed by atoms with Crippen LogP contribution in [-0.2, 0) is 22.4 Å². The van der Waals surface area contributed by atoms with Crippen LogP contribution in [-0.4, -0.2) is 18.4 Å². The van der Waals surface area contributed by atoms with E-state index in [0.717, 1.165) is 47.6 Å². The van der Waals surface area contributed by atoms with E-state index in [1.165, 1.54) is 6.92 Å². The molecule has 0 aromatic heterocycles. The smallest absolute Gasteiger partial charge is 0.231 e. The third kappa shape index (κ3) is 4.31. The number of nitrogens with zero attached hydrogens (tertiary/aromatic N) is 1. The maximum absolute atomic E-state index is 12.7. The Morgan fingerprint density at radius 3 is 2.56 bits per heavy atom. The highest BCUT2D eigenvalue weighted by Crippen LogP contribution is 2.31. The molecule has 1 heterocycles. The molecular weight excluding hydrogens is 338 g/mol. The van der Waals surface area contributed by atoms with Crippen LogP contribution in [0.1, 0.15) is 24.5 Å². The van der Waals surface area contributed by atoms with Crippen molar-refractivity contribution in [3.63, 3.8) is 0 Å². The number of halogens is 1. The minimum absolute atomic E-state index is 0. The van der Waals surface area contributed by atoms with E-state index in [0.29, 0.717) is 6.42 Å². The van der Waals surface area contributed by atoms with E-state index in [9.17, 15) is 9.59 Å². The molecule has 0 fully saturated rings. The van der Waals surface area contributed by atoms with Crippen molar-refractivity contribution in [3.05, 3.63) is 53.6 Å². The summed E-state index contributed by atoms with van der Waals surface area (Å²) in [5.74, 6) is -0.0461. The Balaban J connectivity index is 0.00000225. The summed E-state index contributed by atoms with van der Waals surface area (Å²) >= 11 is 0. The predicted octanol–water partition coefficient (Wildman–Crippen LogP) is 3.17. The van der Waals surface area contributed by atoms with E-state index in [-0.39, 0.29) is 24.2 Å². The van der Waals surface area contributed by atoms with Gasteiger partial charge in [0.25, 0.3) is 0 Å². The molecule has 6 heteroatoms. The Bertz CT molecular complexity index is 775. The fourth-order valence-electron chi connectivity index (χ4n) is 3.09. The summed E-state index contributed by atoms with van der Waals surface area (Å²) in [5.41, 5.74) is 10.4. The number of nitrogen functional groups attached to an aromatic ring is 1. The van der Waals surface area contributed by atoms with Crippen LogP contribution < -0.4 is 16.0 Å². The van der Waals surface area contributed by atoms with Crippen molar-refractivity contribution in [1.82, 2.24) is 0 Å². The summed E-state index contributed by atoms with van der Waals surface area (Å²) in [5, 5.41) is 2.72. The second-order valence-electron chi connectivity index (χ2n) is 6.05. The highest BCUT2D eigenvalue weighted by atomic mass is 35.5. The van der Waals surface area contributed by atoms with E-state index >= 15 is 0 Å². The highest BCUT2D eigenvalue weighted by Gasteiger charge is 2.23.